The highest BCUT2D eigenvalue weighted by Gasteiger charge is 2.20. The monoisotopic (exact) mass is 339 g/mol. The molecule has 0 aliphatic carbocycles. The van der Waals surface area contributed by atoms with E-state index in [1.807, 2.05) is 42.5 Å². The summed E-state index contributed by atoms with van der Waals surface area (Å²) in [5, 5.41) is 9.92. The largest absolute Gasteiger partial charge is 0.507 e. The van der Waals surface area contributed by atoms with Crippen LogP contribution in [-0.4, -0.2) is 13.5 Å². The normalized spacial score (nSPS) is 11.2. The summed E-state index contributed by atoms with van der Waals surface area (Å²) < 4.78 is 28.0. The lowest BCUT2D eigenvalue weighted by Gasteiger charge is -2.14. The summed E-state index contributed by atoms with van der Waals surface area (Å²) in [4.78, 5) is -0.134. The van der Waals surface area contributed by atoms with Crippen molar-refractivity contribution in [2.24, 2.45) is 0 Å². The highest BCUT2D eigenvalue weighted by atomic mass is 32.2. The number of phenolic OH excluding ortho intramolecular Hbond substituents is 1. The number of para-hydroxylation sites is 1. The van der Waals surface area contributed by atoms with Crippen molar-refractivity contribution in [2.45, 2.75) is 11.8 Å². The zero-order valence-electron chi connectivity index (χ0n) is 13.1. The number of aryl methyl sites for hydroxylation is 1. The van der Waals surface area contributed by atoms with Crippen LogP contribution in [0.15, 0.2) is 77.7 Å². The smallest absolute Gasteiger partial charge is 0.265 e. The fraction of sp³-hybridized carbons (Fsp3) is 0.0526. The molecule has 0 aliphatic rings. The average Bonchev–Trinajstić information content (AvgIpc) is 2.58. The lowest BCUT2D eigenvalue weighted by atomic mass is 10.0. The molecule has 0 atom stereocenters. The lowest BCUT2D eigenvalue weighted by molar-refractivity contribution is 0.459. The average molecular weight is 339 g/mol. The molecule has 0 aliphatic heterocycles. The van der Waals surface area contributed by atoms with Gasteiger partial charge in [0.05, 0.1) is 5.69 Å². The van der Waals surface area contributed by atoms with Crippen molar-refractivity contribution in [1.82, 2.24) is 0 Å². The zero-order valence-corrected chi connectivity index (χ0v) is 13.9. The van der Waals surface area contributed by atoms with Gasteiger partial charge in [0.15, 0.2) is 0 Å². The van der Waals surface area contributed by atoms with E-state index >= 15 is 0 Å². The molecule has 3 aromatic rings. The Kier molecular flexibility index (Phi) is 4.27. The van der Waals surface area contributed by atoms with Gasteiger partial charge in [-0.05, 0) is 36.2 Å². The number of hydrogen-bond donors (Lipinski definition) is 2. The summed E-state index contributed by atoms with van der Waals surface area (Å²) >= 11 is 0. The van der Waals surface area contributed by atoms with E-state index in [0.29, 0.717) is 5.69 Å². The first-order valence-corrected chi connectivity index (χ1v) is 8.92. The standard InChI is InChI=1S/C19H17NO3S/c1-14-11-12-18(21)19(13-14)24(22,23)20-17-10-6-5-9-16(17)15-7-3-2-4-8-15/h2-13,20-21H,1H3. The fourth-order valence-electron chi connectivity index (χ4n) is 2.48. The first-order valence-electron chi connectivity index (χ1n) is 7.44. The molecule has 0 unspecified atom stereocenters. The molecule has 2 N–H and O–H groups in total. The highest BCUT2D eigenvalue weighted by Crippen LogP contribution is 2.31. The van der Waals surface area contributed by atoms with E-state index < -0.39 is 10.0 Å². The minimum Gasteiger partial charge on any atom is -0.507 e. The van der Waals surface area contributed by atoms with Gasteiger partial charge in [-0.25, -0.2) is 8.42 Å². The van der Waals surface area contributed by atoms with Crippen molar-refractivity contribution in [3.05, 3.63) is 78.4 Å². The number of phenols is 1. The molecule has 0 heterocycles. The van der Waals surface area contributed by atoms with Gasteiger partial charge < -0.3 is 5.11 Å². The van der Waals surface area contributed by atoms with Gasteiger partial charge in [0.1, 0.15) is 10.6 Å². The van der Waals surface area contributed by atoms with Gasteiger partial charge in [0, 0.05) is 5.56 Å². The van der Waals surface area contributed by atoms with Crippen molar-refractivity contribution in [1.29, 1.82) is 0 Å². The van der Waals surface area contributed by atoms with E-state index in [-0.39, 0.29) is 10.6 Å². The predicted molar refractivity (Wildman–Crippen MR) is 95.5 cm³/mol. The van der Waals surface area contributed by atoms with Crippen LogP contribution in [0.4, 0.5) is 5.69 Å². The molecule has 0 bridgehead atoms. The summed E-state index contributed by atoms with van der Waals surface area (Å²) in [7, 11) is -3.90. The van der Waals surface area contributed by atoms with Crippen LogP contribution >= 0.6 is 0 Å². The van der Waals surface area contributed by atoms with Gasteiger partial charge >= 0.3 is 0 Å². The Morgan fingerprint density at radius 2 is 1.54 bits per heavy atom. The van der Waals surface area contributed by atoms with Gasteiger partial charge in [-0.15, -0.1) is 0 Å². The predicted octanol–water partition coefficient (Wildman–Crippen LogP) is 4.17. The van der Waals surface area contributed by atoms with Crippen molar-refractivity contribution in [2.75, 3.05) is 4.72 Å². The molecule has 24 heavy (non-hydrogen) atoms. The van der Waals surface area contributed by atoms with Crippen LogP contribution in [0.3, 0.4) is 0 Å². The minimum absolute atomic E-state index is 0.134. The van der Waals surface area contributed by atoms with Gasteiger partial charge in [-0.3, -0.25) is 4.72 Å². The second-order valence-corrected chi connectivity index (χ2v) is 7.14. The lowest BCUT2D eigenvalue weighted by Crippen LogP contribution is -2.14. The third-order valence-electron chi connectivity index (χ3n) is 3.66. The topological polar surface area (TPSA) is 66.4 Å². The van der Waals surface area contributed by atoms with Crippen molar-refractivity contribution in [3.63, 3.8) is 0 Å². The number of hydrogen-bond acceptors (Lipinski definition) is 3. The second kappa shape index (κ2) is 6.37. The van der Waals surface area contributed by atoms with E-state index in [2.05, 4.69) is 4.72 Å². The number of benzene rings is 3. The van der Waals surface area contributed by atoms with Gasteiger partial charge in [0.2, 0.25) is 0 Å². The minimum atomic E-state index is -3.90. The van der Waals surface area contributed by atoms with Gasteiger partial charge in [-0.1, -0.05) is 54.6 Å². The number of nitrogens with one attached hydrogen (secondary N) is 1. The van der Waals surface area contributed by atoms with Crippen LogP contribution in [-0.2, 0) is 10.0 Å². The number of anilines is 1. The van der Waals surface area contributed by atoms with Crippen molar-refractivity contribution >= 4 is 15.7 Å². The van der Waals surface area contributed by atoms with Crippen LogP contribution < -0.4 is 4.72 Å². The Balaban J connectivity index is 2.04. The second-order valence-electron chi connectivity index (χ2n) is 5.49. The van der Waals surface area contributed by atoms with E-state index in [4.69, 9.17) is 0 Å². The molecule has 0 amide bonds. The molecule has 0 saturated heterocycles. The molecule has 4 nitrogen and oxygen atoms in total. The van der Waals surface area contributed by atoms with Crippen molar-refractivity contribution < 1.29 is 13.5 Å². The van der Waals surface area contributed by atoms with Crippen LogP contribution in [0.2, 0.25) is 0 Å². The SMILES string of the molecule is Cc1ccc(O)c(S(=O)(=O)Nc2ccccc2-c2ccccc2)c1. The van der Waals surface area contributed by atoms with Crippen molar-refractivity contribution in [3.8, 4) is 16.9 Å². The molecule has 3 aromatic carbocycles. The maximum Gasteiger partial charge on any atom is 0.265 e. The van der Waals surface area contributed by atoms with Gasteiger partial charge in [0.25, 0.3) is 10.0 Å². The molecule has 5 heteroatoms. The molecule has 0 aromatic heterocycles. The number of rotatable bonds is 4. The summed E-state index contributed by atoms with van der Waals surface area (Å²) in [6, 6.07) is 21.2. The van der Waals surface area contributed by atoms with E-state index in [0.717, 1.165) is 16.7 Å². The zero-order chi connectivity index (χ0) is 17.2. The van der Waals surface area contributed by atoms with E-state index in [9.17, 15) is 13.5 Å². The van der Waals surface area contributed by atoms with E-state index in [1.165, 1.54) is 12.1 Å². The molecule has 0 fully saturated rings. The molecular formula is C19H17NO3S. The first kappa shape index (κ1) is 16.1. The first-order chi connectivity index (χ1) is 11.5. The van der Waals surface area contributed by atoms with E-state index in [1.54, 1.807) is 25.1 Å². The Morgan fingerprint density at radius 3 is 2.29 bits per heavy atom. The Labute approximate surface area is 141 Å². The molecule has 0 saturated carbocycles. The summed E-state index contributed by atoms with van der Waals surface area (Å²) in [5.74, 6) is -0.273. The molecular weight excluding hydrogens is 322 g/mol. The number of aromatic hydroxyl groups is 1. The highest BCUT2D eigenvalue weighted by molar-refractivity contribution is 7.92. The Hall–Kier alpha value is -2.79. The van der Waals surface area contributed by atoms with Crippen LogP contribution in [0.1, 0.15) is 5.56 Å². The Morgan fingerprint density at radius 1 is 0.875 bits per heavy atom. The molecule has 0 radical (unpaired) electrons. The molecule has 122 valence electrons. The van der Waals surface area contributed by atoms with Crippen LogP contribution in [0.5, 0.6) is 5.75 Å². The number of sulfonamides is 1. The summed E-state index contributed by atoms with van der Waals surface area (Å²) in [6.45, 7) is 1.77. The van der Waals surface area contributed by atoms with Crippen LogP contribution in [0, 0.1) is 6.92 Å². The maximum atomic E-state index is 12.7. The fourth-order valence-corrected chi connectivity index (χ4v) is 3.74. The summed E-state index contributed by atoms with van der Waals surface area (Å²) in [6.07, 6.45) is 0. The van der Waals surface area contributed by atoms with Crippen LogP contribution in [0.25, 0.3) is 11.1 Å². The third-order valence-corrected chi connectivity index (χ3v) is 5.06. The molecule has 3 rings (SSSR count). The summed E-state index contributed by atoms with van der Waals surface area (Å²) in [5.41, 5.74) is 2.90. The molecule has 0 spiro atoms. The van der Waals surface area contributed by atoms with Gasteiger partial charge in [-0.2, -0.15) is 0 Å². The Bertz CT molecular complexity index is 967. The maximum absolute atomic E-state index is 12.7. The quantitative estimate of drug-likeness (QED) is 0.750. The third kappa shape index (κ3) is 3.26.